The van der Waals surface area contributed by atoms with Crippen molar-refractivity contribution in [2.45, 2.75) is 6.54 Å². The molecule has 1 aromatic heterocycles. The van der Waals surface area contributed by atoms with Gasteiger partial charge in [-0.15, -0.1) is 0 Å². The van der Waals surface area contributed by atoms with E-state index in [2.05, 4.69) is 15.9 Å². The Morgan fingerprint density at radius 1 is 1.25 bits per heavy atom. The van der Waals surface area contributed by atoms with Crippen molar-refractivity contribution in [1.29, 1.82) is 0 Å². The molecule has 0 bridgehead atoms. The lowest BCUT2D eigenvalue weighted by atomic mass is 10.2. The molecule has 0 aliphatic carbocycles. The Labute approximate surface area is 148 Å². The number of benzene rings is 1. The van der Waals surface area contributed by atoms with Crippen molar-refractivity contribution < 1.29 is 18.9 Å². The molecule has 0 saturated carbocycles. The quantitative estimate of drug-likeness (QED) is 0.427. The summed E-state index contributed by atoms with van der Waals surface area (Å²) in [6.07, 6.45) is 1.33. The summed E-state index contributed by atoms with van der Waals surface area (Å²) < 4.78 is 5.79. The highest BCUT2D eigenvalue weighted by atomic mass is 79.9. The first kappa shape index (κ1) is 16.5. The standard InChI is InChI=1S/C15H9BrN2O5S/c16-11-4-2-1-3-9(11)8-17-14(19)12(24-15(17)20)7-10-5-6-13(23-10)18(21)22/h1-7H,8H2/b12-7-. The van der Waals surface area contributed by atoms with Crippen molar-refractivity contribution in [3.63, 3.8) is 0 Å². The van der Waals surface area contributed by atoms with Crippen LogP contribution in [0.25, 0.3) is 6.08 Å². The average molecular weight is 409 g/mol. The van der Waals surface area contributed by atoms with Gasteiger partial charge in [0.15, 0.2) is 0 Å². The third-order valence-electron chi connectivity index (χ3n) is 3.23. The van der Waals surface area contributed by atoms with E-state index in [1.54, 1.807) is 0 Å². The fourth-order valence-corrected chi connectivity index (χ4v) is 3.31. The van der Waals surface area contributed by atoms with Gasteiger partial charge in [-0.3, -0.25) is 24.6 Å². The van der Waals surface area contributed by atoms with Crippen molar-refractivity contribution in [1.82, 2.24) is 4.90 Å². The molecule has 0 radical (unpaired) electrons. The molecule has 1 aliphatic rings. The minimum atomic E-state index is -0.671. The molecule has 122 valence electrons. The first-order chi connectivity index (χ1) is 11.5. The number of furan rings is 1. The fraction of sp³-hybridized carbons (Fsp3) is 0.0667. The van der Waals surface area contributed by atoms with E-state index in [0.717, 1.165) is 26.7 Å². The summed E-state index contributed by atoms with van der Waals surface area (Å²) >= 11 is 4.15. The van der Waals surface area contributed by atoms with Crippen LogP contribution in [0.3, 0.4) is 0 Å². The number of rotatable bonds is 4. The summed E-state index contributed by atoms with van der Waals surface area (Å²) in [6.45, 7) is 0.141. The maximum absolute atomic E-state index is 12.4. The molecule has 9 heteroatoms. The number of amides is 2. The molecule has 2 aromatic rings. The van der Waals surface area contributed by atoms with Gasteiger partial charge in [-0.25, -0.2) is 0 Å². The van der Waals surface area contributed by atoms with Crippen LogP contribution in [0, 0.1) is 10.1 Å². The number of hydrogen-bond donors (Lipinski definition) is 0. The van der Waals surface area contributed by atoms with Crippen LogP contribution in [0.5, 0.6) is 0 Å². The number of carbonyl (C=O) groups is 2. The highest BCUT2D eigenvalue weighted by Gasteiger charge is 2.35. The fourth-order valence-electron chi connectivity index (χ4n) is 2.08. The van der Waals surface area contributed by atoms with Crippen LogP contribution in [-0.2, 0) is 11.3 Å². The lowest BCUT2D eigenvalue weighted by Gasteiger charge is -2.13. The molecule has 1 aromatic carbocycles. The number of imide groups is 1. The molecule has 2 amide bonds. The van der Waals surface area contributed by atoms with E-state index in [9.17, 15) is 19.7 Å². The summed E-state index contributed by atoms with van der Waals surface area (Å²) in [5.41, 5.74) is 0.801. The Morgan fingerprint density at radius 2 is 2.00 bits per heavy atom. The SMILES string of the molecule is O=C1S/C(=C\c2ccc([N+](=O)[O-])o2)C(=O)N1Cc1ccccc1Br. The zero-order valence-electron chi connectivity index (χ0n) is 12.0. The number of hydrogen-bond acceptors (Lipinski definition) is 6. The third kappa shape index (κ3) is 3.26. The first-order valence-electron chi connectivity index (χ1n) is 6.68. The van der Waals surface area contributed by atoms with E-state index >= 15 is 0 Å². The molecule has 24 heavy (non-hydrogen) atoms. The second-order valence-electron chi connectivity index (χ2n) is 4.79. The number of nitrogens with zero attached hydrogens (tertiary/aromatic N) is 2. The number of nitro groups is 1. The van der Waals surface area contributed by atoms with Gasteiger partial charge >= 0.3 is 5.88 Å². The average Bonchev–Trinajstić information content (AvgIpc) is 3.10. The van der Waals surface area contributed by atoms with Crippen LogP contribution in [0.2, 0.25) is 0 Å². The van der Waals surface area contributed by atoms with Gasteiger partial charge in [0.1, 0.15) is 10.7 Å². The number of carbonyl (C=O) groups excluding carboxylic acids is 2. The largest absolute Gasteiger partial charge is 0.433 e. The molecule has 0 atom stereocenters. The molecule has 3 rings (SSSR count). The Hall–Kier alpha value is -2.39. The molecule has 1 fully saturated rings. The Bertz CT molecular complexity index is 876. The molecular formula is C15H9BrN2O5S. The number of halogens is 1. The highest BCUT2D eigenvalue weighted by Crippen LogP contribution is 2.34. The van der Waals surface area contributed by atoms with Gasteiger partial charge in [0.25, 0.3) is 11.1 Å². The highest BCUT2D eigenvalue weighted by molar-refractivity contribution is 9.10. The third-order valence-corrected chi connectivity index (χ3v) is 4.91. The summed E-state index contributed by atoms with van der Waals surface area (Å²) in [5.74, 6) is -0.735. The van der Waals surface area contributed by atoms with Gasteiger partial charge in [-0.05, 0) is 29.5 Å². The number of thioether (sulfide) groups is 1. The Morgan fingerprint density at radius 3 is 2.67 bits per heavy atom. The minimum Gasteiger partial charge on any atom is -0.401 e. The predicted octanol–water partition coefficient (Wildman–Crippen LogP) is 4.19. The maximum Gasteiger partial charge on any atom is 0.433 e. The molecule has 2 heterocycles. The monoisotopic (exact) mass is 408 g/mol. The van der Waals surface area contributed by atoms with Crippen molar-refractivity contribution in [2.75, 3.05) is 0 Å². The lowest BCUT2D eigenvalue weighted by molar-refractivity contribution is -0.402. The molecule has 7 nitrogen and oxygen atoms in total. The normalized spacial score (nSPS) is 16.2. The summed E-state index contributed by atoms with van der Waals surface area (Å²) in [4.78, 5) is 35.7. The summed E-state index contributed by atoms with van der Waals surface area (Å²) in [5, 5.41) is 10.2. The topological polar surface area (TPSA) is 93.7 Å². The second-order valence-corrected chi connectivity index (χ2v) is 6.64. The predicted molar refractivity (Wildman–Crippen MR) is 91.0 cm³/mol. The minimum absolute atomic E-state index is 0.141. The molecule has 1 aliphatic heterocycles. The van der Waals surface area contributed by atoms with Crippen LogP contribution in [0.1, 0.15) is 11.3 Å². The van der Waals surface area contributed by atoms with E-state index < -0.39 is 22.0 Å². The Kier molecular flexibility index (Phi) is 4.54. The summed E-state index contributed by atoms with van der Waals surface area (Å²) in [7, 11) is 0. The second kappa shape index (κ2) is 6.62. The molecule has 1 saturated heterocycles. The van der Waals surface area contributed by atoms with E-state index in [1.165, 1.54) is 18.2 Å². The van der Waals surface area contributed by atoms with Crippen LogP contribution >= 0.6 is 27.7 Å². The first-order valence-corrected chi connectivity index (χ1v) is 8.29. The lowest BCUT2D eigenvalue weighted by Crippen LogP contribution is -2.27. The molecule has 0 unspecified atom stereocenters. The van der Waals surface area contributed by atoms with E-state index in [1.807, 2.05) is 24.3 Å². The van der Waals surface area contributed by atoms with Gasteiger partial charge in [0, 0.05) is 10.5 Å². The van der Waals surface area contributed by atoms with Gasteiger partial charge in [0.05, 0.1) is 17.5 Å². The zero-order chi connectivity index (χ0) is 17.3. The van der Waals surface area contributed by atoms with Crippen LogP contribution in [-0.4, -0.2) is 21.0 Å². The van der Waals surface area contributed by atoms with Crippen molar-refractivity contribution >= 4 is 50.8 Å². The van der Waals surface area contributed by atoms with Gasteiger partial charge in [-0.2, -0.15) is 0 Å². The maximum atomic E-state index is 12.4. The van der Waals surface area contributed by atoms with Crippen LogP contribution < -0.4 is 0 Å². The van der Waals surface area contributed by atoms with Crippen molar-refractivity contribution in [3.05, 3.63) is 67.2 Å². The Balaban J connectivity index is 1.82. The smallest absolute Gasteiger partial charge is 0.401 e. The van der Waals surface area contributed by atoms with Gasteiger partial charge in [0.2, 0.25) is 0 Å². The molecular weight excluding hydrogens is 400 g/mol. The van der Waals surface area contributed by atoms with Crippen LogP contribution in [0.15, 0.2) is 50.2 Å². The van der Waals surface area contributed by atoms with E-state index in [4.69, 9.17) is 4.42 Å². The summed E-state index contributed by atoms with van der Waals surface area (Å²) in [6, 6.07) is 9.86. The van der Waals surface area contributed by atoms with Gasteiger partial charge < -0.3 is 4.42 Å². The van der Waals surface area contributed by atoms with E-state index in [0.29, 0.717) is 0 Å². The zero-order valence-corrected chi connectivity index (χ0v) is 14.4. The van der Waals surface area contributed by atoms with Crippen molar-refractivity contribution in [2.24, 2.45) is 0 Å². The van der Waals surface area contributed by atoms with E-state index in [-0.39, 0.29) is 17.2 Å². The van der Waals surface area contributed by atoms with Gasteiger partial charge in [-0.1, -0.05) is 34.1 Å². The van der Waals surface area contributed by atoms with Crippen LogP contribution in [0.4, 0.5) is 10.7 Å². The van der Waals surface area contributed by atoms with Crippen molar-refractivity contribution in [3.8, 4) is 0 Å². The molecule has 0 N–H and O–H groups in total. The molecule has 0 spiro atoms.